The Morgan fingerprint density at radius 1 is 0.958 bits per heavy atom. The lowest BCUT2D eigenvalue weighted by atomic mass is 10.5. The molecule has 0 aromatic carbocycles. The van der Waals surface area contributed by atoms with Crippen molar-refractivity contribution in [2.45, 2.75) is 5.03 Å². The number of hydrogen-bond donors (Lipinski definition) is 1. The molecular formula is C14H10Br2N4O3S. The van der Waals surface area contributed by atoms with Crippen molar-refractivity contribution in [2.75, 3.05) is 0 Å². The van der Waals surface area contributed by atoms with Gasteiger partial charge in [-0.25, -0.2) is 9.97 Å². The molecule has 0 saturated carbocycles. The van der Waals surface area contributed by atoms with Crippen LogP contribution in [0.1, 0.15) is 0 Å². The number of hydrogen-bond acceptors (Lipinski definition) is 4. The second kappa shape index (κ2) is 6.63. The summed E-state index contributed by atoms with van der Waals surface area (Å²) in [5.41, 5.74) is 1.43. The monoisotopic (exact) mass is 472 g/mol. The van der Waals surface area contributed by atoms with Crippen LogP contribution in [0.2, 0.25) is 0 Å². The van der Waals surface area contributed by atoms with Gasteiger partial charge in [0.1, 0.15) is 11.3 Å². The van der Waals surface area contributed by atoms with E-state index in [0.717, 1.165) is 16.3 Å². The number of aromatic nitrogens is 4. The van der Waals surface area contributed by atoms with Crippen molar-refractivity contribution in [1.29, 1.82) is 0 Å². The van der Waals surface area contributed by atoms with Gasteiger partial charge in [0, 0.05) is 33.7 Å². The Bertz CT molecular complexity index is 1120. The lowest BCUT2D eigenvalue weighted by Crippen LogP contribution is -2.02. The first kappa shape index (κ1) is 17.1. The molecule has 124 valence electrons. The lowest BCUT2D eigenvalue weighted by Gasteiger charge is -1.98. The van der Waals surface area contributed by atoms with Gasteiger partial charge in [-0.15, -0.1) is 0 Å². The first-order chi connectivity index (χ1) is 11.3. The highest BCUT2D eigenvalue weighted by Crippen LogP contribution is 2.16. The fourth-order valence-electron chi connectivity index (χ4n) is 2.02. The van der Waals surface area contributed by atoms with Gasteiger partial charge in [-0.3, -0.25) is 8.95 Å². The normalized spacial score (nSPS) is 11.5. The van der Waals surface area contributed by atoms with Crippen molar-refractivity contribution in [1.82, 2.24) is 18.8 Å². The zero-order chi connectivity index (χ0) is 17.3. The van der Waals surface area contributed by atoms with Gasteiger partial charge in [0.15, 0.2) is 5.03 Å². The maximum atomic E-state index is 10.9. The molecule has 0 aliphatic rings. The zero-order valence-corrected chi connectivity index (χ0v) is 15.9. The van der Waals surface area contributed by atoms with Gasteiger partial charge in [0.2, 0.25) is 0 Å². The van der Waals surface area contributed by atoms with Crippen LogP contribution in [0.15, 0.2) is 69.2 Å². The molecule has 4 heterocycles. The van der Waals surface area contributed by atoms with Crippen molar-refractivity contribution in [2.24, 2.45) is 0 Å². The van der Waals surface area contributed by atoms with Crippen LogP contribution in [0.25, 0.3) is 11.3 Å². The molecule has 24 heavy (non-hydrogen) atoms. The van der Waals surface area contributed by atoms with Crippen LogP contribution in [-0.4, -0.2) is 31.7 Å². The molecule has 7 nitrogen and oxygen atoms in total. The number of halogens is 2. The minimum atomic E-state index is -4.22. The van der Waals surface area contributed by atoms with E-state index in [-0.39, 0.29) is 5.03 Å². The van der Waals surface area contributed by atoms with E-state index in [1.807, 2.05) is 28.9 Å². The first-order valence-corrected chi connectivity index (χ1v) is 9.55. The summed E-state index contributed by atoms with van der Waals surface area (Å²) in [4.78, 5) is 7.93. The van der Waals surface area contributed by atoms with Crippen LogP contribution in [0, 0.1) is 0 Å². The van der Waals surface area contributed by atoms with Crippen molar-refractivity contribution in [3.05, 3.63) is 64.2 Å². The Kier molecular flexibility index (Phi) is 4.72. The third-order valence-corrected chi connectivity index (χ3v) is 4.82. The summed E-state index contributed by atoms with van der Waals surface area (Å²) in [6, 6.07) is 7.31. The van der Waals surface area contributed by atoms with Crippen LogP contribution in [0.5, 0.6) is 0 Å². The number of fused-ring (bicyclic) bond motifs is 2. The topological polar surface area (TPSA) is 89.0 Å². The number of rotatable bonds is 1. The van der Waals surface area contributed by atoms with Crippen molar-refractivity contribution >= 4 is 53.3 Å². The predicted molar refractivity (Wildman–Crippen MR) is 95.6 cm³/mol. The van der Waals surface area contributed by atoms with Crippen molar-refractivity contribution in [3.8, 4) is 0 Å². The lowest BCUT2D eigenvalue weighted by molar-refractivity contribution is 0.478. The molecule has 4 rings (SSSR count). The van der Waals surface area contributed by atoms with E-state index in [4.69, 9.17) is 4.55 Å². The van der Waals surface area contributed by atoms with Crippen LogP contribution in [-0.2, 0) is 10.1 Å². The van der Waals surface area contributed by atoms with Gasteiger partial charge in [-0.2, -0.15) is 8.42 Å². The number of nitrogens with zero attached hydrogens (tertiary/aromatic N) is 4. The molecule has 4 aromatic heterocycles. The Balaban J connectivity index is 0.000000149. The summed E-state index contributed by atoms with van der Waals surface area (Å²) in [5, 5.41) is -0.242. The van der Waals surface area contributed by atoms with E-state index in [1.165, 1.54) is 10.6 Å². The second-order valence-electron chi connectivity index (χ2n) is 4.69. The molecule has 0 bridgehead atoms. The van der Waals surface area contributed by atoms with Crippen LogP contribution >= 0.6 is 31.9 Å². The molecule has 0 atom stereocenters. The van der Waals surface area contributed by atoms with E-state index >= 15 is 0 Å². The average molecular weight is 474 g/mol. The highest BCUT2D eigenvalue weighted by molar-refractivity contribution is 9.10. The molecule has 1 N–H and O–H groups in total. The summed E-state index contributed by atoms with van der Waals surface area (Å²) in [7, 11) is -4.22. The largest absolute Gasteiger partial charge is 0.312 e. The van der Waals surface area contributed by atoms with Gasteiger partial charge in [0.25, 0.3) is 0 Å². The quantitative estimate of drug-likeness (QED) is 0.428. The van der Waals surface area contributed by atoms with Crippen LogP contribution < -0.4 is 0 Å². The SMILES string of the molecule is Brc1ccc2nccn2c1.O=S(=O)(O)c1cnc2ccc(Br)cn12. The second-order valence-corrected chi connectivity index (χ2v) is 7.89. The molecule has 0 aliphatic carbocycles. The smallest absolute Gasteiger partial charge is 0.306 e. The highest BCUT2D eigenvalue weighted by atomic mass is 79.9. The molecular weight excluding hydrogens is 464 g/mol. The van der Waals surface area contributed by atoms with Crippen molar-refractivity contribution < 1.29 is 13.0 Å². The molecule has 0 radical (unpaired) electrons. The Hall–Kier alpha value is -1.75. The third kappa shape index (κ3) is 3.66. The predicted octanol–water partition coefficient (Wildman–Crippen LogP) is 3.44. The summed E-state index contributed by atoms with van der Waals surface area (Å²) in [6.07, 6.45) is 8.30. The Morgan fingerprint density at radius 3 is 2.33 bits per heavy atom. The molecule has 4 aromatic rings. The van der Waals surface area contributed by atoms with Gasteiger partial charge >= 0.3 is 10.1 Å². The molecule has 0 saturated heterocycles. The number of pyridine rings is 2. The maximum Gasteiger partial charge on any atom is 0.312 e. The van der Waals surface area contributed by atoms with Crippen LogP contribution in [0.3, 0.4) is 0 Å². The van der Waals surface area contributed by atoms with Gasteiger partial charge in [0.05, 0.1) is 6.20 Å². The minimum absolute atomic E-state index is 0.242. The van der Waals surface area contributed by atoms with E-state index in [0.29, 0.717) is 10.1 Å². The van der Waals surface area contributed by atoms with E-state index in [2.05, 4.69) is 41.8 Å². The van der Waals surface area contributed by atoms with Gasteiger partial charge in [-0.1, -0.05) is 0 Å². The maximum absolute atomic E-state index is 10.9. The summed E-state index contributed by atoms with van der Waals surface area (Å²) < 4.78 is 35.7. The van der Waals surface area contributed by atoms with Crippen molar-refractivity contribution in [3.63, 3.8) is 0 Å². The van der Waals surface area contributed by atoms with Gasteiger partial charge < -0.3 is 4.40 Å². The van der Waals surface area contributed by atoms with E-state index in [1.54, 1.807) is 18.3 Å². The first-order valence-electron chi connectivity index (χ1n) is 6.53. The molecule has 0 spiro atoms. The molecule has 0 amide bonds. The summed E-state index contributed by atoms with van der Waals surface area (Å²) >= 11 is 6.56. The Labute approximate surface area is 154 Å². The molecule has 10 heteroatoms. The molecule has 0 fully saturated rings. The zero-order valence-electron chi connectivity index (χ0n) is 11.9. The standard InChI is InChI=1S/C7H5BrN2O3S.C7H5BrN2/c8-5-1-2-6-9-3-7(10(6)4-5)14(11,12)13;8-6-1-2-7-9-3-4-10(7)5-6/h1-4H,(H,11,12,13);1-5H. The van der Waals surface area contributed by atoms with E-state index < -0.39 is 10.1 Å². The van der Waals surface area contributed by atoms with Gasteiger partial charge in [-0.05, 0) is 56.1 Å². The molecule has 0 aliphatic heterocycles. The fraction of sp³-hybridized carbons (Fsp3) is 0. The summed E-state index contributed by atoms with van der Waals surface area (Å²) in [6.45, 7) is 0. The van der Waals surface area contributed by atoms with Crippen LogP contribution in [0.4, 0.5) is 0 Å². The average Bonchev–Trinajstić information content (AvgIpc) is 3.12. The minimum Gasteiger partial charge on any atom is -0.306 e. The number of imidazole rings is 2. The molecule has 0 unspecified atom stereocenters. The third-order valence-electron chi connectivity index (χ3n) is 3.05. The summed E-state index contributed by atoms with van der Waals surface area (Å²) in [5.74, 6) is 0. The Morgan fingerprint density at radius 2 is 1.62 bits per heavy atom. The fourth-order valence-corrected chi connectivity index (χ4v) is 3.29. The van der Waals surface area contributed by atoms with E-state index in [9.17, 15) is 8.42 Å². The highest BCUT2D eigenvalue weighted by Gasteiger charge is 2.15.